The standard InChI is InChI=1S/C15H20O2/c1-4-17-14(16)13-10-15(13,11(2)3)12-8-6-5-7-9-12/h5-9,11,13H,4,10H2,1-3H3/t13-,15+/m0/s1. The van der Waals surface area contributed by atoms with Gasteiger partial charge in [-0.05, 0) is 24.8 Å². The van der Waals surface area contributed by atoms with Crippen molar-refractivity contribution in [1.29, 1.82) is 0 Å². The molecule has 2 nitrogen and oxygen atoms in total. The zero-order chi connectivity index (χ0) is 12.5. The average molecular weight is 232 g/mol. The van der Waals surface area contributed by atoms with Crippen LogP contribution in [0.4, 0.5) is 0 Å². The minimum Gasteiger partial charge on any atom is -0.466 e. The van der Waals surface area contributed by atoms with Gasteiger partial charge in [0.15, 0.2) is 0 Å². The monoisotopic (exact) mass is 232 g/mol. The molecule has 1 saturated carbocycles. The van der Waals surface area contributed by atoms with Gasteiger partial charge in [0.05, 0.1) is 12.5 Å². The summed E-state index contributed by atoms with van der Waals surface area (Å²) >= 11 is 0. The molecule has 0 saturated heterocycles. The highest BCUT2D eigenvalue weighted by atomic mass is 16.5. The van der Waals surface area contributed by atoms with Crippen LogP contribution in [0.25, 0.3) is 0 Å². The van der Waals surface area contributed by atoms with Crippen LogP contribution in [0.1, 0.15) is 32.8 Å². The molecule has 0 spiro atoms. The summed E-state index contributed by atoms with van der Waals surface area (Å²) in [5, 5.41) is 0. The van der Waals surface area contributed by atoms with E-state index in [4.69, 9.17) is 4.74 Å². The van der Waals surface area contributed by atoms with Gasteiger partial charge in [0.2, 0.25) is 0 Å². The van der Waals surface area contributed by atoms with Gasteiger partial charge in [-0.1, -0.05) is 44.2 Å². The first-order valence-corrected chi connectivity index (χ1v) is 6.35. The topological polar surface area (TPSA) is 26.3 Å². The number of carbonyl (C=O) groups excluding carboxylic acids is 1. The van der Waals surface area contributed by atoms with Crippen LogP contribution < -0.4 is 0 Å². The Hall–Kier alpha value is -1.31. The van der Waals surface area contributed by atoms with E-state index in [0.717, 1.165) is 6.42 Å². The molecule has 2 atom stereocenters. The van der Waals surface area contributed by atoms with Crippen LogP contribution in [-0.4, -0.2) is 12.6 Å². The van der Waals surface area contributed by atoms with Gasteiger partial charge in [0, 0.05) is 5.41 Å². The van der Waals surface area contributed by atoms with Crippen LogP contribution in [0.2, 0.25) is 0 Å². The molecule has 1 fully saturated rings. The highest BCUT2D eigenvalue weighted by Crippen LogP contribution is 2.59. The zero-order valence-corrected chi connectivity index (χ0v) is 10.8. The number of hydrogen-bond donors (Lipinski definition) is 0. The molecule has 0 N–H and O–H groups in total. The normalized spacial score (nSPS) is 26.9. The van der Waals surface area contributed by atoms with Crippen LogP contribution >= 0.6 is 0 Å². The summed E-state index contributed by atoms with van der Waals surface area (Å²) in [7, 11) is 0. The Morgan fingerprint density at radius 1 is 1.41 bits per heavy atom. The Balaban J connectivity index is 2.24. The average Bonchev–Trinajstić information content (AvgIpc) is 3.07. The second kappa shape index (κ2) is 4.52. The lowest BCUT2D eigenvalue weighted by Crippen LogP contribution is -2.22. The molecule has 92 valence electrons. The molecule has 0 amide bonds. The molecule has 1 aliphatic rings. The van der Waals surface area contributed by atoms with E-state index in [9.17, 15) is 4.79 Å². The van der Waals surface area contributed by atoms with E-state index in [2.05, 4.69) is 26.0 Å². The molecule has 0 aliphatic heterocycles. The van der Waals surface area contributed by atoms with Crippen molar-refractivity contribution in [3.05, 3.63) is 35.9 Å². The summed E-state index contributed by atoms with van der Waals surface area (Å²) in [6.07, 6.45) is 0.924. The fourth-order valence-electron chi connectivity index (χ4n) is 2.85. The first-order chi connectivity index (χ1) is 8.13. The van der Waals surface area contributed by atoms with Crippen LogP contribution in [0, 0.1) is 11.8 Å². The minimum atomic E-state index is -0.0370. The van der Waals surface area contributed by atoms with Gasteiger partial charge in [-0.3, -0.25) is 4.79 Å². The fraction of sp³-hybridized carbons (Fsp3) is 0.533. The number of rotatable bonds is 4. The van der Waals surface area contributed by atoms with Crippen molar-refractivity contribution in [2.75, 3.05) is 6.61 Å². The van der Waals surface area contributed by atoms with Crippen LogP contribution in [0.3, 0.4) is 0 Å². The molecule has 0 radical (unpaired) electrons. The third kappa shape index (κ3) is 1.97. The fourth-order valence-corrected chi connectivity index (χ4v) is 2.85. The molecule has 0 bridgehead atoms. The molecular weight excluding hydrogens is 212 g/mol. The van der Waals surface area contributed by atoms with Gasteiger partial charge < -0.3 is 4.74 Å². The molecule has 0 unspecified atom stereocenters. The molecule has 2 heteroatoms. The summed E-state index contributed by atoms with van der Waals surface area (Å²) in [6.45, 7) is 6.70. The van der Waals surface area contributed by atoms with E-state index < -0.39 is 0 Å². The smallest absolute Gasteiger partial charge is 0.309 e. The van der Waals surface area contributed by atoms with Crippen LogP contribution in [0.15, 0.2) is 30.3 Å². The number of hydrogen-bond acceptors (Lipinski definition) is 2. The van der Waals surface area contributed by atoms with E-state index in [1.54, 1.807) is 0 Å². The van der Waals surface area contributed by atoms with Crippen LogP contribution in [0.5, 0.6) is 0 Å². The maximum Gasteiger partial charge on any atom is 0.309 e. The van der Waals surface area contributed by atoms with Crippen molar-refractivity contribution >= 4 is 5.97 Å². The van der Waals surface area contributed by atoms with Crippen molar-refractivity contribution < 1.29 is 9.53 Å². The first-order valence-electron chi connectivity index (χ1n) is 6.35. The largest absolute Gasteiger partial charge is 0.466 e. The van der Waals surface area contributed by atoms with E-state index in [0.29, 0.717) is 12.5 Å². The van der Waals surface area contributed by atoms with Gasteiger partial charge in [-0.2, -0.15) is 0 Å². The predicted octanol–water partition coefficient (Wildman–Crippen LogP) is 3.16. The Labute approximate surface area is 103 Å². The molecule has 17 heavy (non-hydrogen) atoms. The molecule has 1 aliphatic carbocycles. The van der Waals surface area contributed by atoms with Crippen molar-refractivity contribution in [2.45, 2.75) is 32.6 Å². The van der Waals surface area contributed by atoms with Gasteiger partial charge >= 0.3 is 5.97 Å². The van der Waals surface area contributed by atoms with Crippen molar-refractivity contribution in [3.8, 4) is 0 Å². The summed E-state index contributed by atoms with van der Waals surface area (Å²) in [4.78, 5) is 11.9. The maximum atomic E-state index is 11.9. The Morgan fingerprint density at radius 3 is 2.59 bits per heavy atom. The quantitative estimate of drug-likeness (QED) is 0.745. The Kier molecular flexibility index (Phi) is 3.23. The summed E-state index contributed by atoms with van der Waals surface area (Å²) in [5.74, 6) is 0.467. The summed E-state index contributed by atoms with van der Waals surface area (Å²) in [6, 6.07) is 10.3. The lowest BCUT2D eigenvalue weighted by molar-refractivity contribution is -0.145. The van der Waals surface area contributed by atoms with E-state index >= 15 is 0 Å². The SMILES string of the molecule is CCOC(=O)[C@@H]1C[C@]1(c1ccccc1)C(C)C. The molecule has 1 aromatic rings. The Bertz CT molecular complexity index is 397. The van der Waals surface area contributed by atoms with E-state index in [1.807, 2.05) is 25.1 Å². The van der Waals surface area contributed by atoms with Crippen molar-refractivity contribution in [2.24, 2.45) is 11.8 Å². The van der Waals surface area contributed by atoms with Gasteiger partial charge in [0.25, 0.3) is 0 Å². The van der Waals surface area contributed by atoms with Crippen molar-refractivity contribution in [3.63, 3.8) is 0 Å². The third-order valence-corrected chi connectivity index (χ3v) is 3.92. The first kappa shape index (κ1) is 12.2. The highest BCUT2D eigenvalue weighted by molar-refractivity contribution is 5.79. The number of carbonyl (C=O) groups is 1. The predicted molar refractivity (Wildman–Crippen MR) is 67.7 cm³/mol. The van der Waals surface area contributed by atoms with Crippen molar-refractivity contribution in [1.82, 2.24) is 0 Å². The Morgan fingerprint density at radius 2 is 2.06 bits per heavy atom. The number of benzene rings is 1. The third-order valence-electron chi connectivity index (χ3n) is 3.92. The molecular formula is C15H20O2. The minimum absolute atomic E-state index is 0.00745. The van der Waals surface area contributed by atoms with Crippen LogP contribution in [-0.2, 0) is 14.9 Å². The molecule has 1 aromatic carbocycles. The lowest BCUT2D eigenvalue weighted by atomic mass is 9.83. The molecule has 0 aromatic heterocycles. The molecule has 2 rings (SSSR count). The highest BCUT2D eigenvalue weighted by Gasteiger charge is 2.61. The summed E-state index contributed by atoms with van der Waals surface area (Å²) in [5.41, 5.74) is 1.28. The second-order valence-corrected chi connectivity index (χ2v) is 5.07. The van der Waals surface area contributed by atoms with Gasteiger partial charge in [-0.25, -0.2) is 0 Å². The van der Waals surface area contributed by atoms with E-state index in [1.165, 1.54) is 5.56 Å². The lowest BCUT2D eigenvalue weighted by Gasteiger charge is -2.22. The zero-order valence-electron chi connectivity index (χ0n) is 10.8. The van der Waals surface area contributed by atoms with Gasteiger partial charge in [0.1, 0.15) is 0 Å². The molecule has 0 heterocycles. The maximum absolute atomic E-state index is 11.9. The summed E-state index contributed by atoms with van der Waals surface area (Å²) < 4.78 is 5.15. The van der Waals surface area contributed by atoms with E-state index in [-0.39, 0.29) is 17.3 Å². The number of ether oxygens (including phenoxy) is 1. The second-order valence-electron chi connectivity index (χ2n) is 5.07. The van der Waals surface area contributed by atoms with Gasteiger partial charge in [-0.15, -0.1) is 0 Å². The number of esters is 1.